The van der Waals surface area contributed by atoms with E-state index in [9.17, 15) is 5.11 Å². The zero-order valence-electron chi connectivity index (χ0n) is 12.8. The molecule has 4 heteroatoms. The van der Waals surface area contributed by atoms with Crippen molar-refractivity contribution in [2.75, 3.05) is 11.9 Å². The predicted molar refractivity (Wildman–Crippen MR) is 86.7 cm³/mol. The molecule has 1 aromatic heterocycles. The van der Waals surface area contributed by atoms with Gasteiger partial charge in [0.2, 0.25) is 0 Å². The minimum atomic E-state index is -0.623. The lowest BCUT2D eigenvalue weighted by atomic mass is 10.1. The van der Waals surface area contributed by atoms with E-state index < -0.39 is 6.10 Å². The minimum absolute atomic E-state index is 0.0269. The topological polar surface area (TPSA) is 57.2 Å². The second-order valence-corrected chi connectivity index (χ2v) is 6.09. The number of rotatable bonds is 5. The van der Waals surface area contributed by atoms with Crippen LogP contribution in [0.15, 0.2) is 48.5 Å². The zero-order valence-corrected chi connectivity index (χ0v) is 12.8. The number of hydrogen-bond donors (Lipinski definition) is 3. The van der Waals surface area contributed by atoms with E-state index in [4.69, 9.17) is 0 Å². The van der Waals surface area contributed by atoms with Gasteiger partial charge in [0.05, 0.1) is 5.69 Å². The standard InChI is InChI=1S/C17H23N3O/c1-17(2,3)18-12-15(21)14-10-7-11-16(20-14)19-13-8-5-4-6-9-13/h4-11,15,18,21H,12H2,1-3H3,(H,19,20). The second-order valence-electron chi connectivity index (χ2n) is 6.09. The molecule has 2 rings (SSSR count). The van der Waals surface area contributed by atoms with Crippen LogP contribution in [-0.2, 0) is 0 Å². The molecule has 1 heterocycles. The van der Waals surface area contributed by atoms with E-state index in [1.165, 1.54) is 0 Å². The van der Waals surface area contributed by atoms with Crippen molar-refractivity contribution in [1.29, 1.82) is 0 Å². The molecule has 0 aliphatic heterocycles. The highest BCUT2D eigenvalue weighted by Crippen LogP contribution is 2.17. The van der Waals surface area contributed by atoms with Gasteiger partial charge in [0.15, 0.2) is 0 Å². The molecule has 1 unspecified atom stereocenters. The van der Waals surface area contributed by atoms with Gasteiger partial charge in [-0.3, -0.25) is 0 Å². The number of benzene rings is 1. The summed E-state index contributed by atoms with van der Waals surface area (Å²) in [4.78, 5) is 4.47. The molecule has 3 N–H and O–H groups in total. The molecule has 0 radical (unpaired) electrons. The van der Waals surface area contributed by atoms with Crippen LogP contribution in [0.3, 0.4) is 0 Å². The van der Waals surface area contributed by atoms with Crippen molar-refractivity contribution in [3.05, 3.63) is 54.2 Å². The van der Waals surface area contributed by atoms with Crippen LogP contribution in [0.5, 0.6) is 0 Å². The van der Waals surface area contributed by atoms with Gasteiger partial charge in [-0.15, -0.1) is 0 Å². The van der Waals surface area contributed by atoms with Gasteiger partial charge in [-0.1, -0.05) is 24.3 Å². The Morgan fingerprint density at radius 1 is 1.05 bits per heavy atom. The van der Waals surface area contributed by atoms with Gasteiger partial charge < -0.3 is 15.7 Å². The van der Waals surface area contributed by atoms with E-state index in [1.54, 1.807) is 0 Å². The van der Waals surface area contributed by atoms with Crippen molar-refractivity contribution < 1.29 is 5.11 Å². The molecule has 0 aliphatic carbocycles. The van der Waals surface area contributed by atoms with E-state index in [0.717, 1.165) is 11.5 Å². The fraction of sp³-hybridized carbons (Fsp3) is 0.353. The van der Waals surface area contributed by atoms with E-state index in [0.29, 0.717) is 12.2 Å². The zero-order chi connectivity index (χ0) is 15.3. The van der Waals surface area contributed by atoms with Gasteiger partial charge in [-0.2, -0.15) is 0 Å². The number of nitrogens with one attached hydrogen (secondary N) is 2. The molecule has 0 bridgehead atoms. The quantitative estimate of drug-likeness (QED) is 0.789. The number of aromatic nitrogens is 1. The fourth-order valence-corrected chi connectivity index (χ4v) is 1.88. The van der Waals surface area contributed by atoms with Crippen LogP contribution < -0.4 is 10.6 Å². The van der Waals surface area contributed by atoms with Gasteiger partial charge in [0.1, 0.15) is 11.9 Å². The van der Waals surface area contributed by atoms with E-state index in [2.05, 4.69) is 36.4 Å². The summed E-state index contributed by atoms with van der Waals surface area (Å²) in [6, 6.07) is 15.5. The molecular formula is C17H23N3O. The third kappa shape index (κ3) is 5.17. The highest BCUT2D eigenvalue weighted by molar-refractivity contribution is 5.55. The maximum absolute atomic E-state index is 10.2. The van der Waals surface area contributed by atoms with Crippen LogP contribution in [-0.4, -0.2) is 22.2 Å². The molecular weight excluding hydrogens is 262 g/mol. The highest BCUT2D eigenvalue weighted by atomic mass is 16.3. The molecule has 4 nitrogen and oxygen atoms in total. The molecule has 21 heavy (non-hydrogen) atoms. The van der Waals surface area contributed by atoms with Crippen LogP contribution in [0.25, 0.3) is 0 Å². The summed E-state index contributed by atoms with van der Waals surface area (Å²) in [6.07, 6.45) is -0.623. The van der Waals surface area contributed by atoms with Crippen molar-refractivity contribution in [1.82, 2.24) is 10.3 Å². The van der Waals surface area contributed by atoms with Gasteiger partial charge >= 0.3 is 0 Å². The normalized spacial score (nSPS) is 13.0. The van der Waals surface area contributed by atoms with Crippen LogP contribution >= 0.6 is 0 Å². The third-order valence-electron chi connectivity index (χ3n) is 2.98. The van der Waals surface area contributed by atoms with Crippen LogP contribution in [0.2, 0.25) is 0 Å². The molecule has 2 aromatic rings. The molecule has 0 fully saturated rings. The van der Waals surface area contributed by atoms with Crippen molar-refractivity contribution >= 4 is 11.5 Å². The third-order valence-corrected chi connectivity index (χ3v) is 2.98. The molecule has 0 amide bonds. The summed E-state index contributed by atoms with van der Waals surface area (Å²) in [5.41, 5.74) is 1.61. The SMILES string of the molecule is CC(C)(C)NCC(O)c1cccc(Nc2ccccc2)n1. The van der Waals surface area contributed by atoms with Crippen molar-refractivity contribution in [3.8, 4) is 0 Å². The van der Waals surface area contributed by atoms with Crippen LogP contribution in [0.4, 0.5) is 11.5 Å². The van der Waals surface area contributed by atoms with Gasteiger partial charge in [-0.05, 0) is 45.0 Å². The lowest BCUT2D eigenvalue weighted by Crippen LogP contribution is -2.38. The maximum atomic E-state index is 10.2. The highest BCUT2D eigenvalue weighted by Gasteiger charge is 2.14. The first kappa shape index (κ1) is 15.5. The van der Waals surface area contributed by atoms with Gasteiger partial charge in [-0.25, -0.2) is 4.98 Å². The maximum Gasteiger partial charge on any atom is 0.130 e. The lowest BCUT2D eigenvalue weighted by molar-refractivity contribution is 0.159. The Morgan fingerprint density at radius 3 is 2.43 bits per heavy atom. The Morgan fingerprint density at radius 2 is 1.76 bits per heavy atom. The number of anilines is 2. The molecule has 0 aliphatic rings. The van der Waals surface area contributed by atoms with Gasteiger partial charge in [0.25, 0.3) is 0 Å². The Hall–Kier alpha value is -1.91. The number of para-hydroxylation sites is 1. The molecule has 1 aromatic carbocycles. The molecule has 0 spiro atoms. The van der Waals surface area contributed by atoms with Crippen molar-refractivity contribution in [2.24, 2.45) is 0 Å². The number of pyridine rings is 1. The summed E-state index contributed by atoms with van der Waals surface area (Å²) in [7, 11) is 0. The van der Waals surface area contributed by atoms with Crippen LogP contribution in [0.1, 0.15) is 32.6 Å². The first-order valence-electron chi connectivity index (χ1n) is 7.16. The summed E-state index contributed by atoms with van der Waals surface area (Å²) >= 11 is 0. The molecule has 0 saturated carbocycles. The first-order valence-corrected chi connectivity index (χ1v) is 7.16. The van der Waals surface area contributed by atoms with Crippen LogP contribution in [0, 0.1) is 0 Å². The first-order chi connectivity index (χ1) is 9.94. The average molecular weight is 285 g/mol. The Kier molecular flexibility index (Phi) is 4.94. The predicted octanol–water partition coefficient (Wildman–Crippen LogP) is 3.25. The Labute approximate surface area is 126 Å². The Balaban J connectivity index is 2.03. The largest absolute Gasteiger partial charge is 0.385 e. The summed E-state index contributed by atoms with van der Waals surface area (Å²) in [6.45, 7) is 6.69. The summed E-state index contributed by atoms with van der Waals surface area (Å²) < 4.78 is 0. The minimum Gasteiger partial charge on any atom is -0.385 e. The van der Waals surface area contributed by atoms with Crippen molar-refractivity contribution in [2.45, 2.75) is 32.4 Å². The number of nitrogens with zero attached hydrogens (tertiary/aromatic N) is 1. The lowest BCUT2D eigenvalue weighted by Gasteiger charge is -2.22. The fourth-order valence-electron chi connectivity index (χ4n) is 1.88. The monoisotopic (exact) mass is 285 g/mol. The van der Waals surface area contributed by atoms with E-state index in [1.807, 2.05) is 48.5 Å². The van der Waals surface area contributed by atoms with E-state index >= 15 is 0 Å². The average Bonchev–Trinajstić information content (AvgIpc) is 2.45. The molecule has 1 atom stereocenters. The number of hydrogen-bond acceptors (Lipinski definition) is 4. The Bertz CT molecular complexity index is 564. The number of β-amino-alcohol motifs (C(OH)–C–C–N with tert-alkyl or cyclic N) is 1. The van der Waals surface area contributed by atoms with E-state index in [-0.39, 0.29) is 5.54 Å². The van der Waals surface area contributed by atoms with Gasteiger partial charge in [0, 0.05) is 17.8 Å². The molecule has 0 saturated heterocycles. The summed E-state index contributed by atoms with van der Waals surface area (Å²) in [5, 5.41) is 16.7. The summed E-state index contributed by atoms with van der Waals surface area (Å²) in [5.74, 6) is 0.730. The second kappa shape index (κ2) is 6.70. The number of aliphatic hydroxyl groups is 1. The smallest absolute Gasteiger partial charge is 0.130 e. The van der Waals surface area contributed by atoms with Crippen molar-refractivity contribution in [3.63, 3.8) is 0 Å². The number of aliphatic hydroxyl groups excluding tert-OH is 1. The molecule has 112 valence electrons.